The van der Waals surface area contributed by atoms with Crippen molar-refractivity contribution in [3.05, 3.63) is 38.0 Å². The second-order valence-corrected chi connectivity index (χ2v) is 5.50. The van der Waals surface area contributed by atoms with Crippen LogP contribution in [-0.4, -0.2) is 17.0 Å². The van der Waals surface area contributed by atoms with E-state index in [-0.39, 0.29) is 11.4 Å². The first-order chi connectivity index (χ1) is 8.62. The Bertz CT molecular complexity index is 373. The maximum atomic E-state index is 12.2. The predicted octanol–water partition coefficient (Wildman–Crippen LogP) is 3.59. The van der Waals surface area contributed by atoms with E-state index in [9.17, 15) is 4.79 Å². The number of Topliss-reactive ketones (excluding diaryl/α,β-unsaturated/α-hetero) is 1. The van der Waals surface area contributed by atoms with E-state index in [4.69, 9.17) is 4.74 Å². The first-order valence-electron chi connectivity index (χ1n) is 6.68. The van der Waals surface area contributed by atoms with Gasteiger partial charge in [0.25, 0.3) is 0 Å². The first kappa shape index (κ1) is 13.3. The zero-order valence-corrected chi connectivity index (χ0v) is 11.0. The second kappa shape index (κ2) is 4.85. The monoisotopic (exact) mass is 246 g/mol. The molecule has 0 spiro atoms. The summed E-state index contributed by atoms with van der Waals surface area (Å²) in [5.74, 6) is 0.565. The van der Waals surface area contributed by atoms with Crippen molar-refractivity contribution in [3.63, 3.8) is 0 Å². The quantitative estimate of drug-likeness (QED) is 0.669. The molecule has 2 heterocycles. The molecule has 0 N–H and O–H groups in total. The Balaban J connectivity index is 2.34. The molecule has 2 nitrogen and oxygen atoms in total. The van der Waals surface area contributed by atoms with Crippen molar-refractivity contribution in [3.8, 4) is 0 Å². The Hall–Kier alpha value is -1.15. The van der Waals surface area contributed by atoms with E-state index in [2.05, 4.69) is 19.7 Å². The highest BCUT2D eigenvalue weighted by atomic mass is 16.5. The summed E-state index contributed by atoms with van der Waals surface area (Å²) in [7, 11) is 0. The van der Waals surface area contributed by atoms with Crippen molar-refractivity contribution < 1.29 is 9.53 Å². The molecule has 0 aromatic carbocycles. The van der Waals surface area contributed by atoms with Crippen LogP contribution in [0.3, 0.4) is 0 Å². The number of hydrogen-bond donors (Lipinski definition) is 0. The zero-order chi connectivity index (χ0) is 13.2. The summed E-state index contributed by atoms with van der Waals surface area (Å²) in [6.07, 6.45) is 10.3. The van der Waals surface area contributed by atoms with E-state index in [1.54, 1.807) is 6.08 Å². The van der Waals surface area contributed by atoms with Gasteiger partial charge in [-0.05, 0) is 31.6 Å². The second-order valence-electron chi connectivity index (χ2n) is 5.50. The van der Waals surface area contributed by atoms with Crippen LogP contribution in [0.5, 0.6) is 0 Å². The highest BCUT2D eigenvalue weighted by Gasteiger charge is 2.58. The van der Waals surface area contributed by atoms with Crippen LogP contribution in [-0.2, 0) is 9.53 Å². The largest absolute Gasteiger partial charge is 0.359 e. The lowest BCUT2D eigenvalue weighted by atomic mass is 9.63. The molecule has 0 aromatic rings. The summed E-state index contributed by atoms with van der Waals surface area (Å²) in [5, 5.41) is 0. The van der Waals surface area contributed by atoms with E-state index in [0.717, 1.165) is 25.7 Å². The molecule has 2 aliphatic heterocycles. The van der Waals surface area contributed by atoms with Gasteiger partial charge in [-0.15, -0.1) is 19.7 Å². The van der Waals surface area contributed by atoms with E-state index >= 15 is 0 Å². The predicted molar refractivity (Wildman–Crippen MR) is 73.3 cm³/mol. The molecule has 3 fully saturated rings. The average Bonchev–Trinajstić information content (AvgIpc) is 2.33. The highest BCUT2D eigenvalue weighted by molar-refractivity contribution is 5.89. The fourth-order valence-electron chi connectivity index (χ4n) is 3.57. The number of ether oxygens (including phenoxy) is 1. The summed E-state index contributed by atoms with van der Waals surface area (Å²) in [4.78, 5) is 12.2. The molecule has 2 saturated heterocycles. The van der Waals surface area contributed by atoms with Crippen molar-refractivity contribution in [2.24, 2.45) is 5.92 Å². The zero-order valence-electron chi connectivity index (χ0n) is 11.0. The number of hydrogen-bond acceptors (Lipinski definition) is 2. The van der Waals surface area contributed by atoms with Crippen molar-refractivity contribution in [2.75, 3.05) is 0 Å². The molecule has 3 aliphatic rings. The molecule has 3 rings (SSSR count). The fraction of sp³-hybridized carbons (Fsp3) is 0.562. The van der Waals surface area contributed by atoms with Gasteiger partial charge in [0, 0.05) is 12.8 Å². The number of carbonyl (C=O) groups excluding carboxylic acids is 1. The molecule has 98 valence electrons. The number of rotatable bonds is 6. The molecule has 2 heteroatoms. The standard InChI is InChI=1S/C16H22O2/c1-4-8-15(9-5-2)13-7-11-16(18-15,10-6-3)14(17)12-13/h4-6,13H,1-3,7-12H2. The Morgan fingerprint density at radius 3 is 2.28 bits per heavy atom. The Morgan fingerprint density at radius 1 is 1.17 bits per heavy atom. The van der Waals surface area contributed by atoms with Gasteiger partial charge >= 0.3 is 0 Å². The third kappa shape index (κ3) is 1.89. The minimum absolute atomic E-state index is 0.252. The van der Waals surface area contributed by atoms with Gasteiger partial charge in [-0.3, -0.25) is 4.79 Å². The van der Waals surface area contributed by atoms with Gasteiger partial charge in [0.05, 0.1) is 5.60 Å². The highest BCUT2D eigenvalue weighted by Crippen LogP contribution is 2.52. The van der Waals surface area contributed by atoms with Crippen molar-refractivity contribution >= 4 is 5.78 Å². The minimum atomic E-state index is -0.622. The van der Waals surface area contributed by atoms with Crippen LogP contribution >= 0.6 is 0 Å². The summed E-state index contributed by atoms with van der Waals surface area (Å²) < 4.78 is 6.33. The molecule has 2 bridgehead atoms. The molecule has 0 radical (unpaired) electrons. The normalized spacial score (nSPS) is 33.1. The third-order valence-electron chi connectivity index (χ3n) is 4.43. The molecule has 1 saturated carbocycles. The molecular formula is C16H22O2. The van der Waals surface area contributed by atoms with Gasteiger partial charge in [0.1, 0.15) is 5.60 Å². The van der Waals surface area contributed by atoms with Crippen LogP contribution < -0.4 is 0 Å². The van der Waals surface area contributed by atoms with Gasteiger partial charge in [0.2, 0.25) is 0 Å². The molecule has 18 heavy (non-hydrogen) atoms. The molecule has 0 amide bonds. The summed E-state index contributed by atoms with van der Waals surface area (Å²) >= 11 is 0. The van der Waals surface area contributed by atoms with Gasteiger partial charge in [-0.1, -0.05) is 18.2 Å². The van der Waals surface area contributed by atoms with Crippen LogP contribution in [0.25, 0.3) is 0 Å². The van der Waals surface area contributed by atoms with E-state index in [1.807, 2.05) is 12.2 Å². The minimum Gasteiger partial charge on any atom is -0.359 e. The summed E-state index contributed by atoms with van der Waals surface area (Å²) in [5.41, 5.74) is -0.888. The van der Waals surface area contributed by atoms with Crippen molar-refractivity contribution in [1.82, 2.24) is 0 Å². The summed E-state index contributed by atoms with van der Waals surface area (Å²) in [6.45, 7) is 11.4. The molecule has 2 atom stereocenters. The lowest BCUT2D eigenvalue weighted by Crippen LogP contribution is -2.62. The van der Waals surface area contributed by atoms with Crippen LogP contribution in [0.4, 0.5) is 0 Å². The van der Waals surface area contributed by atoms with Crippen LogP contribution in [0.2, 0.25) is 0 Å². The lowest BCUT2D eigenvalue weighted by Gasteiger charge is -2.56. The lowest BCUT2D eigenvalue weighted by molar-refractivity contribution is -0.235. The topological polar surface area (TPSA) is 26.3 Å². The van der Waals surface area contributed by atoms with E-state index in [1.165, 1.54) is 0 Å². The number of ketones is 1. The number of fused-ring (bicyclic) bond motifs is 3. The van der Waals surface area contributed by atoms with Crippen LogP contribution in [0.1, 0.15) is 38.5 Å². The van der Waals surface area contributed by atoms with E-state index in [0.29, 0.717) is 18.8 Å². The SMILES string of the molecule is C=CCC12CCC(CC1=O)C(CC=C)(CC=C)O2. The molecule has 1 aliphatic carbocycles. The van der Waals surface area contributed by atoms with Gasteiger partial charge in [0.15, 0.2) is 5.78 Å². The first-order valence-corrected chi connectivity index (χ1v) is 6.68. The summed E-state index contributed by atoms with van der Waals surface area (Å²) in [6, 6.07) is 0. The van der Waals surface area contributed by atoms with Crippen molar-refractivity contribution in [1.29, 1.82) is 0 Å². The average molecular weight is 246 g/mol. The van der Waals surface area contributed by atoms with Crippen LogP contribution in [0, 0.1) is 5.92 Å². The van der Waals surface area contributed by atoms with Crippen LogP contribution in [0.15, 0.2) is 38.0 Å². The van der Waals surface area contributed by atoms with Crippen molar-refractivity contribution in [2.45, 2.75) is 49.7 Å². The maximum absolute atomic E-state index is 12.2. The Morgan fingerprint density at radius 2 is 1.78 bits per heavy atom. The Labute approximate surface area is 109 Å². The van der Waals surface area contributed by atoms with Gasteiger partial charge in [-0.25, -0.2) is 0 Å². The van der Waals surface area contributed by atoms with E-state index < -0.39 is 5.60 Å². The fourth-order valence-corrected chi connectivity index (χ4v) is 3.57. The molecule has 2 unspecified atom stereocenters. The smallest absolute Gasteiger partial charge is 0.165 e. The Kier molecular flexibility index (Phi) is 3.58. The third-order valence-corrected chi connectivity index (χ3v) is 4.43. The molecular weight excluding hydrogens is 224 g/mol. The number of carbonyl (C=O) groups is 1. The molecule has 0 aromatic heterocycles. The van der Waals surface area contributed by atoms with Gasteiger partial charge in [-0.2, -0.15) is 0 Å². The van der Waals surface area contributed by atoms with Gasteiger partial charge < -0.3 is 4.74 Å². The maximum Gasteiger partial charge on any atom is 0.165 e.